The summed E-state index contributed by atoms with van der Waals surface area (Å²) in [4.78, 5) is 8.55. The zero-order chi connectivity index (χ0) is 15.4. The smallest absolute Gasteiger partial charge is 0.240 e. The van der Waals surface area contributed by atoms with Gasteiger partial charge in [-0.1, -0.05) is 6.07 Å². The Morgan fingerprint density at radius 3 is 2.62 bits per heavy atom. The third kappa shape index (κ3) is 3.30. The van der Waals surface area contributed by atoms with E-state index in [1.54, 1.807) is 19.2 Å². The number of rotatable bonds is 5. The molecule has 0 radical (unpaired) electrons. The van der Waals surface area contributed by atoms with Gasteiger partial charge < -0.3 is 14.8 Å². The molecule has 1 aromatic heterocycles. The summed E-state index contributed by atoms with van der Waals surface area (Å²) in [5.74, 6) is 0.404. The number of hydrogen-bond acceptors (Lipinski definition) is 5. The zero-order valence-electron chi connectivity index (χ0n) is 11.9. The van der Waals surface area contributed by atoms with Crippen molar-refractivity contribution >= 4 is 15.9 Å². The fourth-order valence-corrected chi connectivity index (χ4v) is 2.36. The van der Waals surface area contributed by atoms with Crippen LogP contribution in [0.25, 0.3) is 0 Å². The SMILES string of the molecule is CNC(c1ccc(F)c(Br)c1)c1ncc(OC)nc1OC. The highest BCUT2D eigenvalue weighted by atomic mass is 79.9. The summed E-state index contributed by atoms with van der Waals surface area (Å²) in [6.45, 7) is 0. The molecule has 0 saturated carbocycles. The van der Waals surface area contributed by atoms with Crippen molar-refractivity contribution in [1.82, 2.24) is 15.3 Å². The number of ether oxygens (including phenoxy) is 2. The molecule has 7 heteroatoms. The lowest BCUT2D eigenvalue weighted by molar-refractivity contribution is 0.353. The molecule has 1 N–H and O–H groups in total. The summed E-state index contributed by atoms with van der Waals surface area (Å²) in [6.07, 6.45) is 1.51. The van der Waals surface area contributed by atoms with E-state index in [0.29, 0.717) is 21.9 Å². The topological polar surface area (TPSA) is 56.3 Å². The number of aromatic nitrogens is 2. The van der Waals surface area contributed by atoms with Crippen LogP contribution in [0.3, 0.4) is 0 Å². The van der Waals surface area contributed by atoms with Gasteiger partial charge >= 0.3 is 0 Å². The first-order valence-electron chi connectivity index (χ1n) is 6.17. The molecule has 2 rings (SSSR count). The molecule has 1 unspecified atom stereocenters. The van der Waals surface area contributed by atoms with E-state index in [9.17, 15) is 4.39 Å². The normalized spacial score (nSPS) is 12.0. The molecule has 0 aliphatic carbocycles. The number of halogens is 2. The van der Waals surface area contributed by atoms with E-state index in [2.05, 4.69) is 31.2 Å². The van der Waals surface area contributed by atoms with Gasteiger partial charge in [0, 0.05) is 0 Å². The molecular formula is C14H15BrFN3O2. The Hall–Kier alpha value is -1.73. The van der Waals surface area contributed by atoms with Crippen LogP contribution in [-0.4, -0.2) is 31.2 Å². The fourth-order valence-electron chi connectivity index (χ4n) is 1.97. The number of hydrogen-bond donors (Lipinski definition) is 1. The molecule has 0 fully saturated rings. The molecule has 0 spiro atoms. The fraction of sp³-hybridized carbons (Fsp3) is 0.286. The third-order valence-corrected chi connectivity index (χ3v) is 3.59. The highest BCUT2D eigenvalue weighted by Gasteiger charge is 2.21. The Labute approximate surface area is 130 Å². The molecule has 1 heterocycles. The summed E-state index contributed by atoms with van der Waals surface area (Å²) in [6, 6.07) is 4.50. The molecule has 21 heavy (non-hydrogen) atoms. The Kier molecular flexibility index (Phi) is 5.08. The van der Waals surface area contributed by atoms with Crippen LogP contribution in [-0.2, 0) is 0 Å². The summed E-state index contributed by atoms with van der Waals surface area (Å²) < 4.78 is 24.1. The summed E-state index contributed by atoms with van der Waals surface area (Å²) in [5, 5.41) is 3.13. The first kappa shape index (κ1) is 15.7. The average Bonchev–Trinajstić information content (AvgIpc) is 2.51. The first-order chi connectivity index (χ1) is 10.1. The van der Waals surface area contributed by atoms with Crippen molar-refractivity contribution in [2.24, 2.45) is 0 Å². The van der Waals surface area contributed by atoms with Crippen molar-refractivity contribution < 1.29 is 13.9 Å². The Morgan fingerprint density at radius 2 is 2.05 bits per heavy atom. The maximum Gasteiger partial charge on any atom is 0.240 e. The summed E-state index contributed by atoms with van der Waals surface area (Å²) in [5.41, 5.74) is 1.43. The molecule has 0 aliphatic heterocycles. The van der Waals surface area contributed by atoms with E-state index in [4.69, 9.17) is 9.47 Å². The predicted molar refractivity (Wildman–Crippen MR) is 80.1 cm³/mol. The van der Waals surface area contributed by atoms with Crippen LogP contribution >= 0.6 is 15.9 Å². The van der Waals surface area contributed by atoms with Gasteiger partial charge in [-0.25, -0.2) is 9.37 Å². The van der Waals surface area contributed by atoms with Crippen LogP contribution in [0.4, 0.5) is 4.39 Å². The number of benzene rings is 1. The molecule has 5 nitrogen and oxygen atoms in total. The Balaban J connectivity index is 2.47. The second kappa shape index (κ2) is 6.82. The standard InChI is InChI=1S/C14H15BrFN3O2/c1-17-12(8-4-5-10(16)9(15)6-8)13-14(21-3)19-11(20-2)7-18-13/h4-7,12,17H,1-3H3. The van der Waals surface area contributed by atoms with Gasteiger partial charge in [0.15, 0.2) is 0 Å². The van der Waals surface area contributed by atoms with Crippen LogP contribution in [0.15, 0.2) is 28.9 Å². The maximum atomic E-state index is 13.4. The minimum atomic E-state index is -0.318. The van der Waals surface area contributed by atoms with E-state index in [-0.39, 0.29) is 11.9 Å². The molecule has 1 atom stereocenters. The van der Waals surface area contributed by atoms with E-state index in [0.717, 1.165) is 5.56 Å². The van der Waals surface area contributed by atoms with Crippen molar-refractivity contribution in [2.45, 2.75) is 6.04 Å². The van der Waals surface area contributed by atoms with Gasteiger partial charge in [0.2, 0.25) is 11.8 Å². The van der Waals surface area contributed by atoms with Gasteiger partial charge in [0.05, 0.1) is 30.9 Å². The molecular weight excluding hydrogens is 341 g/mol. The second-order valence-corrected chi connectivity index (χ2v) is 5.06. The molecule has 112 valence electrons. The van der Waals surface area contributed by atoms with Gasteiger partial charge in [-0.2, -0.15) is 4.98 Å². The van der Waals surface area contributed by atoms with Crippen molar-refractivity contribution in [3.8, 4) is 11.8 Å². The summed E-state index contributed by atoms with van der Waals surface area (Å²) in [7, 11) is 4.81. The van der Waals surface area contributed by atoms with Crippen molar-refractivity contribution in [1.29, 1.82) is 0 Å². The lowest BCUT2D eigenvalue weighted by atomic mass is 10.0. The largest absolute Gasteiger partial charge is 0.480 e. The van der Waals surface area contributed by atoms with E-state index in [1.165, 1.54) is 26.5 Å². The molecule has 0 aliphatic rings. The summed E-state index contributed by atoms with van der Waals surface area (Å²) >= 11 is 3.18. The van der Waals surface area contributed by atoms with Crippen LogP contribution in [0.1, 0.15) is 17.3 Å². The minimum Gasteiger partial charge on any atom is -0.480 e. The lowest BCUT2D eigenvalue weighted by Gasteiger charge is -2.18. The van der Waals surface area contributed by atoms with Gasteiger partial charge in [-0.15, -0.1) is 0 Å². The highest BCUT2D eigenvalue weighted by molar-refractivity contribution is 9.10. The zero-order valence-corrected chi connectivity index (χ0v) is 13.4. The molecule has 2 aromatic rings. The van der Waals surface area contributed by atoms with Crippen molar-refractivity contribution in [3.63, 3.8) is 0 Å². The molecule has 1 aromatic carbocycles. The molecule has 0 saturated heterocycles. The van der Waals surface area contributed by atoms with E-state index < -0.39 is 0 Å². The van der Waals surface area contributed by atoms with Crippen LogP contribution in [0, 0.1) is 5.82 Å². The number of methoxy groups -OCH3 is 2. The van der Waals surface area contributed by atoms with Gasteiger partial charge in [-0.05, 0) is 40.7 Å². The Morgan fingerprint density at radius 1 is 1.29 bits per heavy atom. The van der Waals surface area contributed by atoms with Crippen LogP contribution in [0.5, 0.6) is 11.8 Å². The highest BCUT2D eigenvalue weighted by Crippen LogP contribution is 2.30. The van der Waals surface area contributed by atoms with Gasteiger partial charge in [0.25, 0.3) is 0 Å². The molecule has 0 bridgehead atoms. The van der Waals surface area contributed by atoms with Crippen LogP contribution < -0.4 is 14.8 Å². The van der Waals surface area contributed by atoms with Crippen LogP contribution in [0.2, 0.25) is 0 Å². The monoisotopic (exact) mass is 355 g/mol. The lowest BCUT2D eigenvalue weighted by Crippen LogP contribution is -2.20. The minimum absolute atomic E-state index is 0.282. The number of nitrogens with one attached hydrogen (secondary N) is 1. The van der Waals surface area contributed by atoms with Crippen molar-refractivity contribution in [2.75, 3.05) is 21.3 Å². The number of nitrogens with zero attached hydrogens (tertiary/aromatic N) is 2. The van der Waals surface area contributed by atoms with Crippen molar-refractivity contribution in [3.05, 3.63) is 45.9 Å². The predicted octanol–water partition coefficient (Wildman–Crippen LogP) is 2.70. The van der Waals surface area contributed by atoms with E-state index in [1.807, 2.05) is 0 Å². The van der Waals surface area contributed by atoms with E-state index >= 15 is 0 Å². The Bertz CT molecular complexity index is 640. The second-order valence-electron chi connectivity index (χ2n) is 4.20. The third-order valence-electron chi connectivity index (χ3n) is 2.99. The molecule has 0 amide bonds. The van der Waals surface area contributed by atoms with Gasteiger partial charge in [-0.3, -0.25) is 0 Å². The quantitative estimate of drug-likeness (QED) is 0.893. The average molecular weight is 356 g/mol. The maximum absolute atomic E-state index is 13.4. The van der Waals surface area contributed by atoms with Gasteiger partial charge in [0.1, 0.15) is 11.5 Å². The first-order valence-corrected chi connectivity index (χ1v) is 6.97.